The summed E-state index contributed by atoms with van der Waals surface area (Å²) in [7, 11) is 0. The van der Waals surface area contributed by atoms with Crippen molar-refractivity contribution in [3.05, 3.63) is 29.5 Å². The highest BCUT2D eigenvalue weighted by Gasteiger charge is 2.27. The van der Waals surface area contributed by atoms with E-state index in [0.717, 1.165) is 25.2 Å². The molecule has 0 fully saturated rings. The number of hydrogen-bond acceptors (Lipinski definition) is 4. The molecule has 0 atom stereocenters. The van der Waals surface area contributed by atoms with Crippen LogP contribution in [0.25, 0.3) is 6.08 Å². The molecule has 0 radical (unpaired) electrons. The van der Waals surface area contributed by atoms with E-state index in [0.29, 0.717) is 29.5 Å². The van der Waals surface area contributed by atoms with Crippen LogP contribution in [0.3, 0.4) is 0 Å². The summed E-state index contributed by atoms with van der Waals surface area (Å²) in [5, 5.41) is 10.3. The van der Waals surface area contributed by atoms with Crippen LogP contribution in [0.1, 0.15) is 32.8 Å². The maximum Gasteiger partial charge on any atom is 0.277 e. The fourth-order valence-electron chi connectivity index (χ4n) is 2.73. The molecule has 1 aromatic rings. The second-order valence-corrected chi connectivity index (χ2v) is 5.98. The summed E-state index contributed by atoms with van der Waals surface area (Å²) < 4.78 is 0. The Morgan fingerprint density at radius 1 is 1.33 bits per heavy atom. The molecule has 1 aromatic carbocycles. The molecule has 1 N–H and O–H groups in total. The van der Waals surface area contributed by atoms with Gasteiger partial charge in [-0.1, -0.05) is 0 Å². The standard InChI is InChI=1S/C18H24ClN3O2/c1-4-21(5-2)15-8-7-14(17(23)12-15)11-16-18(24)22(10-6-9-19)13(3)20-16/h7-8,11-12,23H,4-6,9-10H2,1-3H3/b16-11-. The number of nitrogens with zero attached hydrogens (tertiary/aromatic N) is 3. The molecule has 5 nitrogen and oxygen atoms in total. The van der Waals surface area contributed by atoms with Gasteiger partial charge >= 0.3 is 0 Å². The highest BCUT2D eigenvalue weighted by molar-refractivity contribution is 6.18. The van der Waals surface area contributed by atoms with Crippen molar-refractivity contribution in [3.8, 4) is 5.75 Å². The lowest BCUT2D eigenvalue weighted by molar-refractivity contribution is -0.122. The summed E-state index contributed by atoms with van der Waals surface area (Å²) >= 11 is 5.70. The Morgan fingerprint density at radius 2 is 2.04 bits per heavy atom. The third-order valence-corrected chi connectivity index (χ3v) is 4.35. The largest absolute Gasteiger partial charge is 0.507 e. The summed E-state index contributed by atoms with van der Waals surface area (Å²) in [5.41, 5.74) is 1.89. The van der Waals surface area contributed by atoms with Crippen molar-refractivity contribution in [3.63, 3.8) is 0 Å². The summed E-state index contributed by atoms with van der Waals surface area (Å²) in [4.78, 5) is 20.5. The maximum atomic E-state index is 12.4. The molecule has 0 bridgehead atoms. The molecule has 0 saturated heterocycles. The van der Waals surface area contributed by atoms with Crippen molar-refractivity contribution in [2.75, 3.05) is 30.4 Å². The van der Waals surface area contributed by atoms with Crippen molar-refractivity contribution in [2.24, 2.45) is 4.99 Å². The van der Waals surface area contributed by atoms with Gasteiger partial charge in [0.25, 0.3) is 5.91 Å². The van der Waals surface area contributed by atoms with Gasteiger partial charge in [0, 0.05) is 42.8 Å². The van der Waals surface area contributed by atoms with E-state index in [1.54, 1.807) is 24.0 Å². The van der Waals surface area contributed by atoms with Crippen LogP contribution >= 0.6 is 11.6 Å². The Hall–Kier alpha value is -2.01. The first-order chi connectivity index (χ1) is 11.5. The van der Waals surface area contributed by atoms with Gasteiger partial charge in [-0.2, -0.15) is 0 Å². The number of anilines is 1. The van der Waals surface area contributed by atoms with E-state index in [1.165, 1.54) is 0 Å². The van der Waals surface area contributed by atoms with Gasteiger partial charge in [0.05, 0.1) is 0 Å². The van der Waals surface area contributed by atoms with Crippen LogP contribution in [0.2, 0.25) is 0 Å². The average Bonchev–Trinajstić information content (AvgIpc) is 2.83. The second-order valence-electron chi connectivity index (χ2n) is 5.60. The highest BCUT2D eigenvalue weighted by Crippen LogP contribution is 2.28. The number of alkyl halides is 1. The number of phenols is 1. The van der Waals surface area contributed by atoms with Crippen molar-refractivity contribution in [1.29, 1.82) is 0 Å². The van der Waals surface area contributed by atoms with Crippen LogP contribution in [0.4, 0.5) is 5.69 Å². The SMILES string of the molecule is CCN(CC)c1ccc(/C=C2\N=C(C)N(CCCCl)C2=O)c(O)c1. The molecule has 1 aliphatic heterocycles. The molecule has 1 aliphatic rings. The van der Waals surface area contributed by atoms with E-state index in [9.17, 15) is 9.90 Å². The summed E-state index contributed by atoms with van der Waals surface area (Å²) in [6.07, 6.45) is 2.35. The first kappa shape index (κ1) is 18.3. The van der Waals surface area contributed by atoms with Gasteiger partial charge in [-0.25, -0.2) is 4.99 Å². The van der Waals surface area contributed by atoms with E-state index in [-0.39, 0.29) is 11.7 Å². The Balaban J connectivity index is 2.24. The molecule has 1 amide bonds. The number of halogens is 1. The molecular formula is C18H24ClN3O2. The Labute approximate surface area is 148 Å². The average molecular weight is 350 g/mol. The fraction of sp³-hybridized carbons (Fsp3) is 0.444. The number of carbonyl (C=O) groups excluding carboxylic acids is 1. The van der Waals surface area contributed by atoms with Crippen molar-refractivity contribution in [2.45, 2.75) is 27.2 Å². The van der Waals surface area contributed by atoms with Crippen LogP contribution in [0.5, 0.6) is 5.75 Å². The Bertz CT molecular complexity index is 666. The number of phenolic OH excluding ortho intramolecular Hbond substituents is 1. The van der Waals surface area contributed by atoms with Crippen molar-refractivity contribution >= 4 is 35.1 Å². The maximum absolute atomic E-state index is 12.4. The van der Waals surface area contributed by atoms with Gasteiger partial charge in [-0.3, -0.25) is 9.69 Å². The number of aromatic hydroxyl groups is 1. The molecule has 0 aromatic heterocycles. The van der Waals surface area contributed by atoms with E-state index in [2.05, 4.69) is 23.7 Å². The minimum absolute atomic E-state index is 0.145. The molecule has 130 valence electrons. The molecule has 1 heterocycles. The second kappa shape index (κ2) is 8.20. The van der Waals surface area contributed by atoms with Gasteiger partial charge in [-0.15, -0.1) is 11.6 Å². The van der Waals surface area contributed by atoms with Crippen LogP contribution in [0, 0.1) is 0 Å². The van der Waals surface area contributed by atoms with Gasteiger partial charge in [0.1, 0.15) is 17.3 Å². The van der Waals surface area contributed by atoms with Gasteiger partial charge in [-0.05, 0) is 45.4 Å². The molecule has 0 saturated carbocycles. The Kier molecular flexibility index (Phi) is 6.26. The first-order valence-electron chi connectivity index (χ1n) is 8.24. The predicted molar refractivity (Wildman–Crippen MR) is 99.8 cm³/mol. The first-order valence-corrected chi connectivity index (χ1v) is 8.78. The lowest BCUT2D eigenvalue weighted by atomic mass is 10.1. The van der Waals surface area contributed by atoms with Gasteiger partial charge in [0.2, 0.25) is 0 Å². The minimum Gasteiger partial charge on any atom is -0.507 e. The topological polar surface area (TPSA) is 56.1 Å². The van der Waals surface area contributed by atoms with Crippen LogP contribution in [-0.4, -0.2) is 47.3 Å². The number of rotatable bonds is 7. The number of carbonyl (C=O) groups is 1. The third-order valence-electron chi connectivity index (χ3n) is 4.09. The van der Waals surface area contributed by atoms with Crippen molar-refractivity contribution < 1.29 is 9.90 Å². The number of benzene rings is 1. The van der Waals surface area contributed by atoms with Crippen LogP contribution in [0.15, 0.2) is 28.9 Å². The number of amidine groups is 1. The zero-order valence-electron chi connectivity index (χ0n) is 14.4. The zero-order chi connectivity index (χ0) is 17.7. The van der Waals surface area contributed by atoms with Gasteiger partial charge < -0.3 is 10.0 Å². The third kappa shape index (κ3) is 3.90. The lowest BCUT2D eigenvalue weighted by Crippen LogP contribution is -2.31. The molecular weight excluding hydrogens is 326 g/mol. The zero-order valence-corrected chi connectivity index (χ0v) is 15.2. The highest BCUT2D eigenvalue weighted by atomic mass is 35.5. The molecule has 6 heteroatoms. The molecule has 24 heavy (non-hydrogen) atoms. The Morgan fingerprint density at radius 3 is 2.62 bits per heavy atom. The number of amides is 1. The summed E-state index contributed by atoms with van der Waals surface area (Å²) in [5.74, 6) is 1.16. The van der Waals surface area contributed by atoms with Crippen LogP contribution in [-0.2, 0) is 4.79 Å². The summed E-state index contributed by atoms with van der Waals surface area (Å²) in [6.45, 7) is 8.24. The fourth-order valence-corrected chi connectivity index (χ4v) is 2.85. The molecule has 0 unspecified atom stereocenters. The quantitative estimate of drug-likeness (QED) is 0.605. The lowest BCUT2D eigenvalue weighted by Gasteiger charge is -2.21. The van der Waals surface area contributed by atoms with E-state index in [1.807, 2.05) is 12.1 Å². The number of hydrogen-bond donors (Lipinski definition) is 1. The minimum atomic E-state index is -0.148. The monoisotopic (exact) mass is 349 g/mol. The normalized spacial score (nSPS) is 16.0. The molecule has 0 aliphatic carbocycles. The van der Waals surface area contributed by atoms with Gasteiger partial charge in [0.15, 0.2) is 0 Å². The molecule has 2 rings (SSSR count). The van der Waals surface area contributed by atoms with Crippen LogP contribution < -0.4 is 4.90 Å². The van der Waals surface area contributed by atoms with E-state index >= 15 is 0 Å². The van der Waals surface area contributed by atoms with Crippen molar-refractivity contribution in [1.82, 2.24) is 4.90 Å². The smallest absolute Gasteiger partial charge is 0.277 e. The van der Waals surface area contributed by atoms with E-state index < -0.39 is 0 Å². The summed E-state index contributed by atoms with van der Waals surface area (Å²) in [6, 6.07) is 5.48. The van der Waals surface area contributed by atoms with E-state index in [4.69, 9.17) is 11.6 Å². The number of aliphatic imine (C=N–C) groups is 1. The molecule has 0 spiro atoms. The predicted octanol–water partition coefficient (Wildman–Crippen LogP) is 3.47.